The third-order valence-corrected chi connectivity index (χ3v) is 1.94. The zero-order chi connectivity index (χ0) is 14.5. The minimum absolute atomic E-state index is 0.0605. The van der Waals surface area contributed by atoms with Gasteiger partial charge in [-0.25, -0.2) is 4.79 Å². The molecule has 0 N–H and O–H groups in total. The Kier molecular flexibility index (Phi) is 4.85. The number of halogens is 3. The van der Waals surface area contributed by atoms with Crippen molar-refractivity contribution in [1.82, 2.24) is 0 Å². The van der Waals surface area contributed by atoms with Gasteiger partial charge in [-0.2, -0.15) is 0 Å². The van der Waals surface area contributed by atoms with E-state index in [-0.39, 0.29) is 11.5 Å². The number of rotatable bonds is 5. The summed E-state index contributed by atoms with van der Waals surface area (Å²) in [7, 11) is 2.47. The molecule has 0 heterocycles. The molecule has 0 bridgehead atoms. The van der Waals surface area contributed by atoms with Gasteiger partial charge in [-0.1, -0.05) is 0 Å². The van der Waals surface area contributed by atoms with Crippen molar-refractivity contribution in [3.8, 4) is 17.2 Å². The van der Waals surface area contributed by atoms with Gasteiger partial charge in [0.05, 0.1) is 14.2 Å². The zero-order valence-corrected chi connectivity index (χ0v) is 10.1. The minimum Gasteiger partial charge on any atom is -0.493 e. The second-order valence-electron chi connectivity index (χ2n) is 3.23. The molecule has 0 spiro atoms. The first-order valence-electron chi connectivity index (χ1n) is 4.99. The molecule has 0 saturated carbocycles. The number of benzene rings is 1. The highest BCUT2D eigenvalue weighted by molar-refractivity contribution is 5.71. The second-order valence-corrected chi connectivity index (χ2v) is 3.23. The number of carbonyl (C=O) groups excluding carboxylic acids is 1. The lowest BCUT2D eigenvalue weighted by molar-refractivity contribution is -0.274. The van der Waals surface area contributed by atoms with Gasteiger partial charge in [-0.05, 0) is 12.1 Å². The minimum atomic E-state index is -4.81. The summed E-state index contributed by atoms with van der Waals surface area (Å²) >= 11 is 0. The van der Waals surface area contributed by atoms with Crippen molar-refractivity contribution in [3.63, 3.8) is 0 Å². The van der Waals surface area contributed by atoms with Crippen molar-refractivity contribution in [2.24, 2.45) is 0 Å². The van der Waals surface area contributed by atoms with Gasteiger partial charge >= 0.3 is 12.3 Å². The molecule has 0 amide bonds. The van der Waals surface area contributed by atoms with Gasteiger partial charge in [0.1, 0.15) is 5.75 Å². The van der Waals surface area contributed by atoms with Crippen LogP contribution in [-0.2, 0) is 9.53 Å². The van der Waals surface area contributed by atoms with E-state index in [9.17, 15) is 18.0 Å². The summed E-state index contributed by atoms with van der Waals surface area (Å²) in [5, 5.41) is 0. The van der Waals surface area contributed by atoms with Crippen LogP contribution in [0, 0.1) is 0 Å². The van der Waals surface area contributed by atoms with Gasteiger partial charge in [0.2, 0.25) is 0 Å². The Hall–Kier alpha value is -2.12. The molecule has 8 heteroatoms. The Morgan fingerprint density at radius 3 is 2.42 bits per heavy atom. The Balaban J connectivity index is 2.86. The van der Waals surface area contributed by atoms with Crippen LogP contribution in [0.4, 0.5) is 13.2 Å². The molecule has 0 aromatic heterocycles. The maximum absolute atomic E-state index is 12.1. The van der Waals surface area contributed by atoms with Gasteiger partial charge < -0.3 is 18.9 Å². The smallest absolute Gasteiger partial charge is 0.493 e. The van der Waals surface area contributed by atoms with Gasteiger partial charge in [0.15, 0.2) is 18.1 Å². The summed E-state index contributed by atoms with van der Waals surface area (Å²) in [5.74, 6) is -1.05. The zero-order valence-electron chi connectivity index (χ0n) is 10.1. The van der Waals surface area contributed by atoms with Crippen molar-refractivity contribution in [1.29, 1.82) is 0 Å². The van der Waals surface area contributed by atoms with E-state index in [1.165, 1.54) is 13.2 Å². The van der Waals surface area contributed by atoms with E-state index in [4.69, 9.17) is 9.47 Å². The first-order chi connectivity index (χ1) is 8.85. The molecule has 1 rings (SSSR count). The van der Waals surface area contributed by atoms with E-state index in [1.807, 2.05) is 0 Å². The third-order valence-electron chi connectivity index (χ3n) is 1.94. The van der Waals surface area contributed by atoms with Crippen LogP contribution in [0.2, 0.25) is 0 Å². The van der Waals surface area contributed by atoms with E-state index in [0.717, 1.165) is 19.2 Å². The van der Waals surface area contributed by atoms with Crippen LogP contribution in [0.25, 0.3) is 0 Å². The quantitative estimate of drug-likeness (QED) is 0.773. The molecule has 106 valence electrons. The SMILES string of the molecule is COC(=O)COc1cc(OC(F)(F)F)ccc1OC. The third kappa shape index (κ3) is 4.94. The first kappa shape index (κ1) is 14.9. The molecule has 1 aromatic carbocycles. The molecular formula is C11H11F3O5. The number of methoxy groups -OCH3 is 2. The molecule has 0 atom stereocenters. The average molecular weight is 280 g/mol. The normalized spacial score (nSPS) is 10.8. The van der Waals surface area contributed by atoms with Crippen molar-refractivity contribution >= 4 is 5.97 Å². The second kappa shape index (κ2) is 6.17. The predicted molar refractivity (Wildman–Crippen MR) is 57.2 cm³/mol. The largest absolute Gasteiger partial charge is 0.573 e. The molecular weight excluding hydrogens is 269 g/mol. The molecule has 0 saturated heterocycles. The van der Waals surface area contributed by atoms with E-state index in [1.54, 1.807) is 0 Å². The monoisotopic (exact) mass is 280 g/mol. The molecule has 19 heavy (non-hydrogen) atoms. The number of carbonyl (C=O) groups is 1. The van der Waals surface area contributed by atoms with Crippen LogP contribution in [0.3, 0.4) is 0 Å². The van der Waals surface area contributed by atoms with Crippen LogP contribution in [-0.4, -0.2) is 33.2 Å². The lowest BCUT2D eigenvalue weighted by Crippen LogP contribution is -2.17. The highest BCUT2D eigenvalue weighted by Crippen LogP contribution is 2.33. The summed E-state index contributed by atoms with van der Waals surface area (Å²) < 4.78 is 54.1. The summed E-state index contributed by atoms with van der Waals surface area (Å²) in [6.07, 6.45) is -4.81. The highest BCUT2D eigenvalue weighted by atomic mass is 19.4. The molecule has 1 aromatic rings. The van der Waals surface area contributed by atoms with Crippen LogP contribution in [0.1, 0.15) is 0 Å². The van der Waals surface area contributed by atoms with Crippen molar-refractivity contribution in [2.45, 2.75) is 6.36 Å². The van der Waals surface area contributed by atoms with Gasteiger partial charge in [0, 0.05) is 6.07 Å². The molecule has 0 unspecified atom stereocenters. The highest BCUT2D eigenvalue weighted by Gasteiger charge is 2.31. The number of alkyl halides is 3. The van der Waals surface area contributed by atoms with E-state index in [0.29, 0.717) is 0 Å². The number of hydrogen-bond acceptors (Lipinski definition) is 5. The molecule has 0 aliphatic rings. The number of esters is 1. The Morgan fingerprint density at radius 1 is 1.21 bits per heavy atom. The average Bonchev–Trinajstić information content (AvgIpc) is 2.34. The van der Waals surface area contributed by atoms with Crippen molar-refractivity contribution < 1.29 is 36.9 Å². The predicted octanol–water partition coefficient (Wildman–Crippen LogP) is 2.15. The molecule has 5 nitrogen and oxygen atoms in total. The fraction of sp³-hybridized carbons (Fsp3) is 0.364. The van der Waals surface area contributed by atoms with E-state index >= 15 is 0 Å². The van der Waals surface area contributed by atoms with Gasteiger partial charge in [0.25, 0.3) is 0 Å². The fourth-order valence-electron chi connectivity index (χ4n) is 1.16. The Morgan fingerprint density at radius 2 is 1.89 bits per heavy atom. The maximum atomic E-state index is 12.1. The number of hydrogen-bond donors (Lipinski definition) is 0. The van der Waals surface area contributed by atoms with Gasteiger partial charge in [-0.3, -0.25) is 0 Å². The topological polar surface area (TPSA) is 54.0 Å². The maximum Gasteiger partial charge on any atom is 0.573 e. The lowest BCUT2D eigenvalue weighted by atomic mass is 10.3. The summed E-state index contributed by atoms with van der Waals surface area (Å²) in [6.45, 7) is -0.456. The van der Waals surface area contributed by atoms with Crippen LogP contribution in [0.15, 0.2) is 18.2 Å². The fourth-order valence-corrected chi connectivity index (χ4v) is 1.16. The van der Waals surface area contributed by atoms with E-state index < -0.39 is 24.7 Å². The Bertz CT molecular complexity index is 444. The van der Waals surface area contributed by atoms with Crippen LogP contribution >= 0.6 is 0 Å². The van der Waals surface area contributed by atoms with Crippen molar-refractivity contribution in [2.75, 3.05) is 20.8 Å². The Labute approximate surface area is 106 Å². The molecule has 0 fully saturated rings. The van der Waals surface area contributed by atoms with Crippen molar-refractivity contribution in [3.05, 3.63) is 18.2 Å². The molecule has 0 radical (unpaired) electrons. The number of ether oxygens (including phenoxy) is 4. The van der Waals surface area contributed by atoms with Gasteiger partial charge in [-0.15, -0.1) is 13.2 Å². The summed E-state index contributed by atoms with van der Waals surface area (Å²) in [6, 6.07) is 3.26. The first-order valence-corrected chi connectivity index (χ1v) is 4.99. The van der Waals surface area contributed by atoms with Crippen LogP contribution in [0.5, 0.6) is 17.2 Å². The summed E-state index contributed by atoms with van der Waals surface area (Å²) in [5.41, 5.74) is 0. The van der Waals surface area contributed by atoms with E-state index in [2.05, 4.69) is 9.47 Å². The standard InChI is InChI=1S/C11H11F3O5/c1-16-8-4-3-7(19-11(12,13)14)5-9(8)18-6-10(15)17-2/h3-5H,6H2,1-2H3. The lowest BCUT2D eigenvalue weighted by Gasteiger charge is -2.13. The van der Waals surface area contributed by atoms with Crippen LogP contribution < -0.4 is 14.2 Å². The molecule has 0 aliphatic heterocycles. The summed E-state index contributed by atoms with van der Waals surface area (Å²) in [4.78, 5) is 10.9. The molecule has 0 aliphatic carbocycles.